The van der Waals surface area contributed by atoms with E-state index in [0.717, 1.165) is 36.2 Å². The average molecular weight is 502 g/mol. The minimum Gasteiger partial charge on any atom is -0.458 e. The van der Waals surface area contributed by atoms with Gasteiger partial charge in [-0.2, -0.15) is 0 Å². The zero-order valence-corrected chi connectivity index (χ0v) is 22.8. The Labute approximate surface area is 217 Å². The molecule has 1 N–H and O–H groups in total. The Morgan fingerprint density at radius 1 is 1.08 bits per heavy atom. The van der Waals surface area contributed by atoms with E-state index in [1.807, 2.05) is 6.07 Å². The number of nitrogens with zero attached hydrogens (tertiary/aromatic N) is 3. The molecule has 0 saturated heterocycles. The number of aryl methyl sites for hydroxylation is 2. The lowest BCUT2D eigenvalue weighted by Crippen LogP contribution is -2.44. The van der Waals surface area contributed by atoms with Crippen molar-refractivity contribution in [2.24, 2.45) is 5.41 Å². The SMILES string of the molecule is CC[C@@]1(O)C(=O)OCc2c1cc1n(c2=O)Cc2c-1nc1c(C)c3c(c(C)c1c2CN(C)C)CC(C)(C)C3. The molecule has 194 valence electrons. The minimum atomic E-state index is -1.83. The van der Waals surface area contributed by atoms with Crippen molar-refractivity contribution < 1.29 is 14.6 Å². The van der Waals surface area contributed by atoms with Gasteiger partial charge in [-0.3, -0.25) is 4.79 Å². The Morgan fingerprint density at radius 2 is 1.76 bits per heavy atom. The van der Waals surface area contributed by atoms with Crippen molar-refractivity contribution in [3.05, 3.63) is 60.9 Å². The third-order valence-electron chi connectivity index (χ3n) is 8.80. The molecule has 6 rings (SSSR count). The van der Waals surface area contributed by atoms with Gasteiger partial charge >= 0.3 is 5.97 Å². The fourth-order valence-electron chi connectivity index (χ4n) is 6.88. The summed E-state index contributed by atoms with van der Waals surface area (Å²) in [6.07, 6.45) is 2.22. The normalized spacial score (nSPS) is 21.2. The fraction of sp³-hybridized carbons (Fsp3) is 0.500. The number of ether oxygens (including phenoxy) is 1. The number of aliphatic hydroxyl groups is 1. The molecule has 0 radical (unpaired) electrons. The van der Waals surface area contributed by atoms with Gasteiger partial charge in [-0.15, -0.1) is 0 Å². The molecule has 1 aromatic carbocycles. The molecule has 0 bridgehead atoms. The average Bonchev–Trinajstić information content (AvgIpc) is 3.37. The Balaban J connectivity index is 1.69. The number of carbonyl (C=O) groups is 1. The van der Waals surface area contributed by atoms with Gasteiger partial charge in [0.15, 0.2) is 5.60 Å². The van der Waals surface area contributed by atoms with Crippen LogP contribution in [0.4, 0.5) is 0 Å². The molecule has 2 aliphatic heterocycles. The first-order valence-electron chi connectivity index (χ1n) is 13.2. The van der Waals surface area contributed by atoms with Crippen LogP contribution in [0.15, 0.2) is 10.9 Å². The monoisotopic (exact) mass is 501 g/mol. The molecule has 7 heteroatoms. The first-order valence-corrected chi connectivity index (χ1v) is 13.2. The van der Waals surface area contributed by atoms with Gasteiger partial charge in [0.2, 0.25) is 0 Å². The van der Waals surface area contributed by atoms with Crippen LogP contribution in [-0.4, -0.2) is 39.6 Å². The molecule has 7 nitrogen and oxygen atoms in total. The standard InChI is InChI=1S/C30H35N3O4/c1-8-30(36)22-9-23-26-20(13-33(23)27(34)21(22)14-37-28(30)35)19(12-32(6)7)24-15(2)17-10-29(4,5)11-18(17)16(3)25(24)31-26/h9,36H,8,10-14H2,1-7H3/t30-/m0/s1. The highest BCUT2D eigenvalue weighted by atomic mass is 16.6. The molecule has 0 fully saturated rings. The number of cyclic esters (lactones) is 1. The summed E-state index contributed by atoms with van der Waals surface area (Å²) in [6.45, 7) is 11.8. The number of esters is 1. The lowest BCUT2D eigenvalue weighted by Gasteiger charge is -2.31. The summed E-state index contributed by atoms with van der Waals surface area (Å²) >= 11 is 0. The smallest absolute Gasteiger partial charge is 0.343 e. The van der Waals surface area contributed by atoms with E-state index < -0.39 is 11.6 Å². The first-order chi connectivity index (χ1) is 17.4. The molecule has 0 unspecified atom stereocenters. The molecule has 2 aromatic heterocycles. The molecule has 0 saturated carbocycles. The highest BCUT2D eigenvalue weighted by Crippen LogP contribution is 2.46. The quantitative estimate of drug-likeness (QED) is 0.429. The Morgan fingerprint density at radius 3 is 2.41 bits per heavy atom. The van der Waals surface area contributed by atoms with Gasteiger partial charge in [0.25, 0.3) is 5.56 Å². The third-order valence-corrected chi connectivity index (χ3v) is 8.80. The second kappa shape index (κ2) is 7.74. The van der Waals surface area contributed by atoms with Crippen LogP contribution in [0.3, 0.4) is 0 Å². The van der Waals surface area contributed by atoms with Gasteiger partial charge in [0, 0.05) is 23.1 Å². The maximum atomic E-state index is 13.7. The van der Waals surface area contributed by atoms with Crippen molar-refractivity contribution in [1.82, 2.24) is 14.5 Å². The van der Waals surface area contributed by atoms with Gasteiger partial charge in [-0.25, -0.2) is 9.78 Å². The van der Waals surface area contributed by atoms with Crippen LogP contribution in [0.5, 0.6) is 0 Å². The van der Waals surface area contributed by atoms with Gasteiger partial charge in [-0.1, -0.05) is 20.8 Å². The van der Waals surface area contributed by atoms with E-state index in [0.29, 0.717) is 23.4 Å². The molecule has 0 amide bonds. The van der Waals surface area contributed by atoms with Crippen LogP contribution in [0.25, 0.3) is 22.3 Å². The second-order valence-electron chi connectivity index (χ2n) is 12.2. The number of hydrogen-bond donors (Lipinski definition) is 1. The second-order valence-corrected chi connectivity index (χ2v) is 12.2. The largest absolute Gasteiger partial charge is 0.458 e. The fourth-order valence-corrected chi connectivity index (χ4v) is 6.88. The molecule has 37 heavy (non-hydrogen) atoms. The Kier molecular flexibility index (Phi) is 5.09. The Bertz CT molecular complexity index is 1600. The zero-order chi connectivity index (χ0) is 26.6. The number of rotatable bonds is 3. The highest BCUT2D eigenvalue weighted by Gasteiger charge is 2.45. The van der Waals surface area contributed by atoms with Crippen molar-refractivity contribution >= 4 is 16.9 Å². The highest BCUT2D eigenvalue weighted by molar-refractivity contribution is 5.95. The number of pyridine rings is 2. The number of fused-ring (bicyclic) bond motifs is 6. The van der Waals surface area contributed by atoms with Crippen molar-refractivity contribution in [2.45, 2.75) is 79.2 Å². The lowest BCUT2D eigenvalue weighted by atomic mass is 9.86. The molecular weight excluding hydrogens is 466 g/mol. The van der Waals surface area contributed by atoms with Gasteiger partial charge in [0.05, 0.1) is 29.0 Å². The molecule has 4 heterocycles. The van der Waals surface area contributed by atoms with E-state index >= 15 is 0 Å². The van der Waals surface area contributed by atoms with Crippen LogP contribution in [0, 0.1) is 19.3 Å². The summed E-state index contributed by atoms with van der Waals surface area (Å²) < 4.78 is 6.98. The van der Waals surface area contributed by atoms with Crippen molar-refractivity contribution in [3.63, 3.8) is 0 Å². The van der Waals surface area contributed by atoms with Gasteiger partial charge in [-0.05, 0) is 86.5 Å². The lowest BCUT2D eigenvalue weighted by molar-refractivity contribution is -0.172. The number of aromatic nitrogens is 2. The van der Waals surface area contributed by atoms with E-state index in [4.69, 9.17) is 9.72 Å². The van der Waals surface area contributed by atoms with Crippen molar-refractivity contribution in [1.29, 1.82) is 0 Å². The number of carbonyl (C=O) groups excluding carboxylic acids is 1. The van der Waals surface area contributed by atoms with E-state index in [2.05, 4.69) is 46.7 Å². The topological polar surface area (TPSA) is 84.7 Å². The molecule has 1 atom stereocenters. The summed E-state index contributed by atoms with van der Waals surface area (Å²) in [4.78, 5) is 33.7. The predicted octanol–water partition coefficient (Wildman–Crippen LogP) is 3.88. The maximum Gasteiger partial charge on any atom is 0.343 e. The summed E-state index contributed by atoms with van der Waals surface area (Å²) in [5.41, 5.74) is 8.95. The number of hydrogen-bond acceptors (Lipinski definition) is 6. The van der Waals surface area contributed by atoms with Crippen LogP contribution in [0.2, 0.25) is 0 Å². The van der Waals surface area contributed by atoms with Crippen molar-refractivity contribution in [3.8, 4) is 11.4 Å². The van der Waals surface area contributed by atoms with Gasteiger partial charge < -0.3 is 19.3 Å². The van der Waals surface area contributed by atoms with Crippen LogP contribution >= 0.6 is 0 Å². The van der Waals surface area contributed by atoms with Crippen LogP contribution in [-0.2, 0) is 47.7 Å². The predicted molar refractivity (Wildman–Crippen MR) is 143 cm³/mol. The number of benzene rings is 1. The van der Waals surface area contributed by atoms with E-state index in [1.54, 1.807) is 11.5 Å². The summed E-state index contributed by atoms with van der Waals surface area (Å²) in [5.74, 6) is -0.700. The summed E-state index contributed by atoms with van der Waals surface area (Å²) in [5, 5.41) is 12.4. The summed E-state index contributed by atoms with van der Waals surface area (Å²) in [6, 6.07) is 1.81. The molecule has 0 spiro atoms. The minimum absolute atomic E-state index is 0.118. The molecule has 1 aliphatic carbocycles. The van der Waals surface area contributed by atoms with E-state index in [9.17, 15) is 14.7 Å². The van der Waals surface area contributed by atoms with Crippen LogP contribution < -0.4 is 5.56 Å². The summed E-state index contributed by atoms with van der Waals surface area (Å²) in [7, 11) is 4.13. The van der Waals surface area contributed by atoms with Crippen molar-refractivity contribution in [2.75, 3.05) is 14.1 Å². The molecular formula is C30H35N3O4. The van der Waals surface area contributed by atoms with Crippen LogP contribution in [0.1, 0.15) is 71.7 Å². The van der Waals surface area contributed by atoms with E-state index in [1.165, 1.54) is 33.2 Å². The zero-order valence-electron chi connectivity index (χ0n) is 22.8. The maximum absolute atomic E-state index is 13.7. The molecule has 3 aliphatic rings. The molecule has 3 aromatic rings. The Hall–Kier alpha value is -3.03. The third kappa shape index (κ3) is 3.23. The first kappa shape index (κ1) is 24.3. The van der Waals surface area contributed by atoms with E-state index in [-0.39, 0.29) is 24.0 Å². The van der Waals surface area contributed by atoms with Gasteiger partial charge in [0.1, 0.15) is 6.61 Å².